The highest BCUT2D eigenvalue weighted by Gasteiger charge is 2.31. The monoisotopic (exact) mass is 493 g/mol. The molecule has 0 spiro atoms. The van der Waals surface area contributed by atoms with Crippen molar-refractivity contribution in [1.29, 1.82) is 0 Å². The number of ether oxygens (including phenoxy) is 2. The Balaban J connectivity index is 3.30. The highest BCUT2D eigenvalue weighted by atomic mass is 127. The Hall–Kier alpha value is -1.55. The summed E-state index contributed by atoms with van der Waals surface area (Å²) in [6.07, 6.45) is 1.14. The minimum Gasteiger partial charge on any atom is -0.496 e. The van der Waals surface area contributed by atoms with Crippen molar-refractivity contribution < 1.29 is 28.6 Å². The van der Waals surface area contributed by atoms with E-state index in [4.69, 9.17) is 9.47 Å². The maximum atomic E-state index is 14.4. The summed E-state index contributed by atoms with van der Waals surface area (Å²) >= 11 is 1.92. The summed E-state index contributed by atoms with van der Waals surface area (Å²) in [6, 6.07) is 1.90. The van der Waals surface area contributed by atoms with Gasteiger partial charge >= 0.3 is 5.97 Å². The van der Waals surface area contributed by atoms with E-state index in [9.17, 15) is 19.1 Å². The van der Waals surface area contributed by atoms with Crippen LogP contribution in [0.3, 0.4) is 0 Å². The van der Waals surface area contributed by atoms with Crippen molar-refractivity contribution in [1.82, 2.24) is 0 Å². The normalized spacial score (nSPS) is 14.1. The molecule has 0 aliphatic rings. The zero-order valence-electron chi connectivity index (χ0n) is 16.1. The third-order valence-corrected chi connectivity index (χ3v) is 4.76. The molecule has 0 radical (unpaired) electrons. The lowest BCUT2D eigenvalue weighted by atomic mass is 9.87. The number of aliphatic imine (C=N–C) groups is 1. The quantitative estimate of drug-likeness (QED) is 0.198. The number of esters is 1. The molecule has 0 amide bonds. The Morgan fingerprint density at radius 1 is 1.37 bits per heavy atom. The van der Waals surface area contributed by atoms with Crippen LogP contribution in [0, 0.1) is 20.7 Å². The molecule has 1 N–H and O–H groups in total. The molecule has 0 saturated heterocycles. The third kappa shape index (κ3) is 6.24. The number of carbonyl (C=O) groups is 2. The lowest BCUT2D eigenvalue weighted by molar-refractivity contribution is -0.144. The number of rotatable bonds is 8. The van der Waals surface area contributed by atoms with Gasteiger partial charge in [0.15, 0.2) is 11.7 Å². The van der Waals surface area contributed by atoms with Crippen molar-refractivity contribution in [2.24, 2.45) is 16.3 Å². The van der Waals surface area contributed by atoms with Gasteiger partial charge in [-0.3, -0.25) is 14.6 Å². The molecule has 0 bridgehead atoms. The Morgan fingerprint density at radius 2 is 2.00 bits per heavy atom. The van der Waals surface area contributed by atoms with Crippen molar-refractivity contribution in [3.05, 3.63) is 27.1 Å². The Kier molecular flexibility index (Phi) is 8.80. The van der Waals surface area contributed by atoms with Gasteiger partial charge in [-0.1, -0.05) is 20.8 Å². The van der Waals surface area contributed by atoms with Gasteiger partial charge in [0.2, 0.25) is 0 Å². The molecule has 0 aromatic heterocycles. The molecule has 0 saturated carbocycles. The number of hydrogen-bond donors (Lipinski definition) is 1. The SMILES string of the molecule is CCOC(=O)C(C=N[C@H](CO)C(C)(C)C)C(=O)c1cc(I)c(OC)cc1F. The highest BCUT2D eigenvalue weighted by Crippen LogP contribution is 2.26. The molecule has 1 unspecified atom stereocenters. The van der Waals surface area contributed by atoms with Crippen LogP contribution in [0.1, 0.15) is 38.1 Å². The summed E-state index contributed by atoms with van der Waals surface area (Å²) in [5.41, 5.74) is -0.630. The van der Waals surface area contributed by atoms with Gasteiger partial charge < -0.3 is 14.6 Å². The first-order chi connectivity index (χ1) is 12.6. The van der Waals surface area contributed by atoms with Gasteiger partial charge in [-0.05, 0) is 41.0 Å². The molecule has 1 rings (SSSR count). The molecule has 1 aromatic carbocycles. The number of nitrogens with zero attached hydrogens (tertiary/aromatic N) is 1. The molecule has 0 aliphatic carbocycles. The molecule has 0 heterocycles. The number of hydrogen-bond acceptors (Lipinski definition) is 6. The number of halogens is 2. The van der Waals surface area contributed by atoms with Crippen LogP contribution in [-0.4, -0.2) is 49.4 Å². The number of carbonyl (C=O) groups excluding carboxylic acids is 2. The molecular weight excluding hydrogens is 468 g/mol. The summed E-state index contributed by atoms with van der Waals surface area (Å²) in [5, 5.41) is 9.52. The number of methoxy groups -OCH3 is 1. The first kappa shape index (κ1) is 23.5. The standard InChI is InChI=1S/C19H25FINO5/c1-6-27-18(25)12(9-22-16(10-23)19(2,3)4)17(24)11-7-14(21)15(26-5)8-13(11)20/h7-9,12,16,23H,6,10H2,1-5H3/t12?,16-/m1/s1. The largest absolute Gasteiger partial charge is 0.496 e. The van der Waals surface area contributed by atoms with E-state index in [2.05, 4.69) is 4.99 Å². The average molecular weight is 493 g/mol. The second-order valence-electron chi connectivity index (χ2n) is 6.92. The fourth-order valence-electron chi connectivity index (χ4n) is 2.24. The average Bonchev–Trinajstić information content (AvgIpc) is 2.58. The van der Waals surface area contributed by atoms with Gasteiger partial charge in [-0.15, -0.1) is 0 Å². The molecule has 0 fully saturated rings. The van der Waals surface area contributed by atoms with E-state index >= 15 is 0 Å². The zero-order chi connectivity index (χ0) is 20.8. The molecule has 27 heavy (non-hydrogen) atoms. The molecule has 150 valence electrons. The highest BCUT2D eigenvalue weighted by molar-refractivity contribution is 14.1. The predicted molar refractivity (Wildman–Crippen MR) is 109 cm³/mol. The fourth-order valence-corrected chi connectivity index (χ4v) is 2.93. The lowest BCUT2D eigenvalue weighted by Crippen LogP contribution is -2.32. The number of aliphatic hydroxyl groups excluding tert-OH is 1. The summed E-state index contributed by atoms with van der Waals surface area (Å²) in [5.74, 6) is -3.49. The Bertz CT molecular complexity index is 715. The smallest absolute Gasteiger partial charge is 0.322 e. The van der Waals surface area contributed by atoms with Crippen molar-refractivity contribution in [3.8, 4) is 5.75 Å². The second kappa shape index (κ2) is 10.1. The van der Waals surface area contributed by atoms with Crippen LogP contribution in [0.15, 0.2) is 17.1 Å². The van der Waals surface area contributed by atoms with E-state index in [1.165, 1.54) is 13.2 Å². The minimum absolute atomic E-state index is 0.0712. The predicted octanol–water partition coefficient (Wildman–Crippen LogP) is 3.28. The number of ketones is 1. The first-order valence-electron chi connectivity index (χ1n) is 8.44. The van der Waals surface area contributed by atoms with E-state index < -0.39 is 29.5 Å². The number of Topliss-reactive ketones (excluding diaryl/α,β-unsaturated/α-hetero) is 1. The molecule has 0 aliphatic heterocycles. The first-order valence-corrected chi connectivity index (χ1v) is 9.52. The van der Waals surface area contributed by atoms with E-state index in [-0.39, 0.29) is 24.2 Å². The van der Waals surface area contributed by atoms with Crippen LogP contribution in [0.5, 0.6) is 5.75 Å². The van der Waals surface area contributed by atoms with Crippen LogP contribution in [0.4, 0.5) is 4.39 Å². The van der Waals surface area contributed by atoms with Crippen molar-refractivity contribution in [3.63, 3.8) is 0 Å². The summed E-state index contributed by atoms with van der Waals surface area (Å²) in [4.78, 5) is 29.3. The third-order valence-electron chi connectivity index (χ3n) is 3.92. The van der Waals surface area contributed by atoms with Crippen LogP contribution < -0.4 is 4.74 Å². The lowest BCUT2D eigenvalue weighted by Gasteiger charge is -2.25. The van der Waals surface area contributed by atoms with Gasteiger partial charge in [0, 0.05) is 12.3 Å². The maximum absolute atomic E-state index is 14.4. The maximum Gasteiger partial charge on any atom is 0.322 e. The zero-order valence-corrected chi connectivity index (χ0v) is 18.2. The van der Waals surface area contributed by atoms with E-state index in [1.807, 2.05) is 43.4 Å². The van der Waals surface area contributed by atoms with Crippen LogP contribution in [-0.2, 0) is 9.53 Å². The fraction of sp³-hybridized carbons (Fsp3) is 0.526. The Morgan fingerprint density at radius 3 is 2.48 bits per heavy atom. The number of aliphatic hydroxyl groups is 1. The molecule has 2 atom stereocenters. The molecular formula is C19H25FINO5. The summed E-state index contributed by atoms with van der Waals surface area (Å²) in [6.45, 7) is 7.05. The molecule has 6 nitrogen and oxygen atoms in total. The summed E-state index contributed by atoms with van der Waals surface area (Å²) < 4.78 is 24.9. The van der Waals surface area contributed by atoms with Crippen LogP contribution >= 0.6 is 22.6 Å². The van der Waals surface area contributed by atoms with Gasteiger partial charge in [0.25, 0.3) is 0 Å². The van der Waals surface area contributed by atoms with Crippen LogP contribution in [0.2, 0.25) is 0 Å². The van der Waals surface area contributed by atoms with Gasteiger partial charge in [-0.25, -0.2) is 4.39 Å². The van der Waals surface area contributed by atoms with Crippen molar-refractivity contribution in [2.75, 3.05) is 20.3 Å². The number of benzene rings is 1. The topological polar surface area (TPSA) is 85.2 Å². The van der Waals surface area contributed by atoms with Crippen LogP contribution in [0.25, 0.3) is 0 Å². The second-order valence-corrected chi connectivity index (χ2v) is 8.09. The van der Waals surface area contributed by atoms with Gasteiger partial charge in [0.1, 0.15) is 11.6 Å². The summed E-state index contributed by atoms with van der Waals surface area (Å²) in [7, 11) is 1.40. The minimum atomic E-state index is -1.40. The molecule has 8 heteroatoms. The van der Waals surface area contributed by atoms with Crippen molar-refractivity contribution in [2.45, 2.75) is 33.7 Å². The van der Waals surface area contributed by atoms with Gasteiger partial charge in [-0.2, -0.15) is 0 Å². The van der Waals surface area contributed by atoms with E-state index in [0.29, 0.717) is 9.32 Å². The van der Waals surface area contributed by atoms with Crippen molar-refractivity contribution >= 4 is 40.6 Å². The van der Waals surface area contributed by atoms with E-state index in [0.717, 1.165) is 12.3 Å². The van der Waals surface area contributed by atoms with Gasteiger partial charge in [0.05, 0.1) is 35.5 Å². The molecule has 1 aromatic rings. The Labute approximate surface area is 172 Å². The van der Waals surface area contributed by atoms with E-state index in [1.54, 1.807) is 6.92 Å².